The third-order valence-electron chi connectivity index (χ3n) is 3.25. The van der Waals surface area contributed by atoms with E-state index in [-0.39, 0.29) is 19.1 Å². The van der Waals surface area contributed by atoms with Crippen LogP contribution in [0.3, 0.4) is 0 Å². The smallest absolute Gasteiger partial charge is 0.408 e. The maximum Gasteiger partial charge on any atom is 0.408 e. The molecule has 1 fully saturated rings. The number of piperazine rings is 1. The zero-order valence-electron chi connectivity index (χ0n) is 15.1. The van der Waals surface area contributed by atoms with Gasteiger partial charge in [0.25, 0.3) is 0 Å². The fourth-order valence-corrected chi connectivity index (χ4v) is 2.35. The minimum atomic E-state index is -1.70. The predicted molar refractivity (Wildman–Crippen MR) is 98.5 cm³/mol. The molecule has 0 aromatic rings. The summed E-state index contributed by atoms with van der Waals surface area (Å²) in [6, 6.07) is -1.55. The number of rotatable bonds is 4. The fraction of sp³-hybridized carbons (Fsp3) is 0.800. The molecular weight excluding hydrogens is 409 g/mol. The van der Waals surface area contributed by atoms with Gasteiger partial charge < -0.3 is 25.0 Å². The highest BCUT2D eigenvalue weighted by Crippen LogP contribution is 2.26. The van der Waals surface area contributed by atoms with Gasteiger partial charge in [-0.1, -0.05) is 34.8 Å². The van der Waals surface area contributed by atoms with Crippen molar-refractivity contribution in [3.05, 3.63) is 0 Å². The van der Waals surface area contributed by atoms with Gasteiger partial charge in [0.2, 0.25) is 9.70 Å². The van der Waals surface area contributed by atoms with Crippen molar-refractivity contribution < 1.29 is 23.9 Å². The van der Waals surface area contributed by atoms with Gasteiger partial charge in [0.05, 0.1) is 0 Å². The zero-order chi connectivity index (χ0) is 20.1. The Bertz CT molecular complexity index is 534. The first-order chi connectivity index (χ1) is 11.8. The highest BCUT2D eigenvalue weighted by atomic mass is 35.6. The highest BCUT2D eigenvalue weighted by molar-refractivity contribution is 6.67. The predicted octanol–water partition coefficient (Wildman–Crippen LogP) is 1.61. The molecule has 2 atom stereocenters. The number of amides is 2. The molecule has 26 heavy (non-hydrogen) atoms. The van der Waals surface area contributed by atoms with Gasteiger partial charge in [-0.25, -0.2) is 4.79 Å². The van der Waals surface area contributed by atoms with E-state index < -0.39 is 33.5 Å². The highest BCUT2D eigenvalue weighted by Gasteiger charge is 2.33. The Balaban J connectivity index is 2.56. The quantitative estimate of drug-likeness (QED) is 0.517. The van der Waals surface area contributed by atoms with E-state index in [2.05, 4.69) is 10.6 Å². The average Bonchev–Trinajstić information content (AvgIpc) is 2.49. The Labute approximate surface area is 167 Å². The van der Waals surface area contributed by atoms with Crippen molar-refractivity contribution in [3.63, 3.8) is 0 Å². The molecule has 0 unspecified atom stereocenters. The number of alkyl halides is 3. The molecule has 0 aromatic heterocycles. The zero-order valence-corrected chi connectivity index (χ0v) is 17.4. The van der Waals surface area contributed by atoms with Gasteiger partial charge in [-0.05, 0) is 27.7 Å². The molecule has 0 aliphatic carbocycles. The summed E-state index contributed by atoms with van der Waals surface area (Å²) in [5.74, 6) is -0.960. The maximum atomic E-state index is 12.5. The van der Waals surface area contributed by atoms with Crippen molar-refractivity contribution in [3.8, 4) is 0 Å². The molecule has 2 amide bonds. The Morgan fingerprint density at radius 2 is 1.88 bits per heavy atom. The van der Waals surface area contributed by atoms with Crippen LogP contribution in [0.5, 0.6) is 0 Å². The summed E-state index contributed by atoms with van der Waals surface area (Å²) in [7, 11) is 0. The molecule has 1 rings (SSSR count). The van der Waals surface area contributed by atoms with Crippen LogP contribution in [0.2, 0.25) is 0 Å². The van der Waals surface area contributed by atoms with Gasteiger partial charge >= 0.3 is 12.1 Å². The summed E-state index contributed by atoms with van der Waals surface area (Å²) in [5.41, 5.74) is -0.667. The molecule has 2 N–H and O–H groups in total. The molecule has 0 aromatic carbocycles. The molecule has 150 valence electrons. The maximum absolute atomic E-state index is 12.5. The van der Waals surface area contributed by atoms with Crippen LogP contribution in [0.4, 0.5) is 4.79 Å². The summed E-state index contributed by atoms with van der Waals surface area (Å²) in [4.78, 5) is 37.8. The molecule has 0 saturated carbocycles. The number of ether oxygens (including phenoxy) is 2. The Hall–Kier alpha value is -0.960. The lowest BCUT2D eigenvalue weighted by molar-refractivity contribution is -0.148. The van der Waals surface area contributed by atoms with Gasteiger partial charge in [-0.2, -0.15) is 0 Å². The van der Waals surface area contributed by atoms with E-state index in [0.717, 1.165) is 0 Å². The first kappa shape index (κ1) is 23.1. The van der Waals surface area contributed by atoms with Crippen LogP contribution in [0, 0.1) is 0 Å². The minimum absolute atomic E-state index is 0.0812. The monoisotopic (exact) mass is 431 g/mol. The summed E-state index contributed by atoms with van der Waals surface area (Å²) in [6.07, 6.45) is -0.688. The number of halogens is 3. The molecule has 11 heteroatoms. The number of esters is 1. The van der Waals surface area contributed by atoms with Crippen LogP contribution in [0.1, 0.15) is 27.7 Å². The molecule has 1 heterocycles. The lowest BCUT2D eigenvalue weighted by Gasteiger charge is -2.34. The van der Waals surface area contributed by atoms with E-state index in [0.29, 0.717) is 13.1 Å². The van der Waals surface area contributed by atoms with Gasteiger partial charge in [-0.3, -0.25) is 9.59 Å². The molecule has 1 aliphatic rings. The molecule has 1 saturated heterocycles. The van der Waals surface area contributed by atoms with Gasteiger partial charge in [0.15, 0.2) is 0 Å². The first-order valence-corrected chi connectivity index (χ1v) is 9.17. The SMILES string of the molecule is C[C@H](NC(=O)OC(C)(C)C)C(=O)N1CCN[C@H](C(=O)OCC(Cl)(Cl)Cl)C1. The normalized spacial score (nSPS) is 19.5. The number of hydrogen-bond donors (Lipinski definition) is 2. The van der Waals surface area contributed by atoms with E-state index in [1.54, 1.807) is 27.7 Å². The summed E-state index contributed by atoms with van der Waals surface area (Å²) in [5, 5.41) is 5.42. The van der Waals surface area contributed by atoms with Gasteiger partial charge in [0, 0.05) is 19.6 Å². The first-order valence-electron chi connectivity index (χ1n) is 8.03. The van der Waals surface area contributed by atoms with Crippen LogP contribution in [-0.2, 0) is 19.1 Å². The van der Waals surface area contributed by atoms with Gasteiger partial charge in [0.1, 0.15) is 24.3 Å². The lowest BCUT2D eigenvalue weighted by atomic mass is 10.2. The molecular formula is C15H24Cl3N3O5. The van der Waals surface area contributed by atoms with E-state index in [1.807, 2.05) is 0 Å². The second-order valence-corrected chi connectivity index (χ2v) is 9.40. The largest absolute Gasteiger partial charge is 0.460 e. The molecule has 0 bridgehead atoms. The van der Waals surface area contributed by atoms with E-state index in [9.17, 15) is 14.4 Å². The number of nitrogens with zero attached hydrogens (tertiary/aromatic N) is 1. The molecule has 8 nitrogen and oxygen atoms in total. The number of nitrogens with one attached hydrogen (secondary N) is 2. The van der Waals surface area contributed by atoms with Crippen molar-refractivity contribution in [2.24, 2.45) is 0 Å². The Morgan fingerprint density at radius 3 is 2.42 bits per heavy atom. The number of carbonyl (C=O) groups excluding carboxylic acids is 3. The van der Waals surface area contributed by atoms with Crippen molar-refractivity contribution in [1.29, 1.82) is 0 Å². The summed E-state index contributed by atoms with van der Waals surface area (Å²) < 4.78 is 8.35. The second kappa shape index (κ2) is 9.30. The van der Waals surface area contributed by atoms with Crippen LogP contribution in [0.25, 0.3) is 0 Å². The molecule has 1 aliphatic heterocycles. The van der Waals surface area contributed by atoms with Crippen molar-refractivity contribution in [2.45, 2.75) is 49.2 Å². The van der Waals surface area contributed by atoms with Crippen molar-refractivity contribution in [1.82, 2.24) is 15.5 Å². The van der Waals surface area contributed by atoms with E-state index >= 15 is 0 Å². The third kappa shape index (κ3) is 8.62. The second-order valence-electron chi connectivity index (χ2n) is 6.88. The standard InChI is InChI=1S/C15H24Cl3N3O5/c1-9(20-13(24)26-14(2,3)4)11(22)21-6-5-19-10(7-21)12(23)25-8-15(16,17)18/h9-10,19H,5-8H2,1-4H3,(H,20,24)/t9-,10-/m0/s1. The summed E-state index contributed by atoms with van der Waals surface area (Å²) in [6.45, 7) is 7.18. The van der Waals surface area contributed by atoms with Crippen molar-refractivity contribution in [2.75, 3.05) is 26.2 Å². The molecule has 0 radical (unpaired) electrons. The fourth-order valence-electron chi connectivity index (χ4n) is 2.18. The summed E-state index contributed by atoms with van der Waals surface area (Å²) >= 11 is 16.6. The average molecular weight is 433 g/mol. The molecule has 0 spiro atoms. The number of hydrogen-bond acceptors (Lipinski definition) is 6. The lowest BCUT2D eigenvalue weighted by Crippen LogP contribution is -2.59. The van der Waals surface area contributed by atoms with Gasteiger partial charge in [-0.15, -0.1) is 0 Å². The number of carbonyl (C=O) groups is 3. The van der Waals surface area contributed by atoms with Crippen LogP contribution in [-0.4, -0.2) is 70.6 Å². The topological polar surface area (TPSA) is 97.0 Å². The minimum Gasteiger partial charge on any atom is -0.460 e. The Morgan fingerprint density at radius 1 is 1.27 bits per heavy atom. The van der Waals surface area contributed by atoms with E-state index in [1.165, 1.54) is 4.90 Å². The van der Waals surface area contributed by atoms with Crippen molar-refractivity contribution >= 4 is 52.8 Å². The van der Waals surface area contributed by atoms with Crippen LogP contribution < -0.4 is 10.6 Å². The van der Waals surface area contributed by atoms with E-state index in [4.69, 9.17) is 44.3 Å². The van der Waals surface area contributed by atoms with Crippen LogP contribution >= 0.6 is 34.8 Å². The Kier molecular flexibility index (Phi) is 8.26. The number of alkyl carbamates (subject to hydrolysis) is 1. The third-order valence-corrected chi connectivity index (χ3v) is 3.58. The van der Waals surface area contributed by atoms with Crippen LogP contribution in [0.15, 0.2) is 0 Å².